The lowest BCUT2D eigenvalue weighted by molar-refractivity contribution is 0.0854. The van der Waals surface area contributed by atoms with Crippen molar-refractivity contribution in [3.05, 3.63) is 53.3 Å². The fraction of sp³-hybridized carbons (Fsp3) is 0.333. The molecule has 1 fully saturated rings. The van der Waals surface area contributed by atoms with E-state index in [1.165, 1.54) is 0 Å². The van der Waals surface area contributed by atoms with Gasteiger partial charge in [-0.15, -0.1) is 0 Å². The number of amides is 1. The highest BCUT2D eigenvalue weighted by Gasteiger charge is 2.18. The molecule has 1 amide bonds. The average molecular weight is 328 g/mol. The summed E-state index contributed by atoms with van der Waals surface area (Å²) in [5.74, 6) is 0.307. The molecule has 0 saturated carbocycles. The van der Waals surface area contributed by atoms with Gasteiger partial charge in [-0.25, -0.2) is 0 Å². The Balaban J connectivity index is 1.63. The fourth-order valence-electron chi connectivity index (χ4n) is 2.67. The third kappa shape index (κ3) is 3.65. The molecule has 126 valence electrons. The molecule has 2 aromatic rings. The maximum Gasteiger partial charge on any atom is 0.267 e. The van der Waals surface area contributed by atoms with Gasteiger partial charge in [0.1, 0.15) is 11.4 Å². The van der Waals surface area contributed by atoms with Crippen molar-refractivity contribution in [2.45, 2.75) is 18.9 Å². The van der Waals surface area contributed by atoms with Gasteiger partial charge in [0.2, 0.25) is 0 Å². The van der Waals surface area contributed by atoms with Crippen LogP contribution in [0.3, 0.4) is 0 Å². The van der Waals surface area contributed by atoms with Gasteiger partial charge in [-0.1, -0.05) is 0 Å². The van der Waals surface area contributed by atoms with Crippen LogP contribution in [0.1, 0.15) is 39.3 Å². The molecule has 0 aliphatic carbocycles. The quantitative estimate of drug-likeness (QED) is 0.796. The van der Waals surface area contributed by atoms with Crippen LogP contribution in [0.5, 0.6) is 5.75 Å². The molecule has 6 heteroatoms. The molecular formula is C18H20N2O4. The van der Waals surface area contributed by atoms with Crippen molar-refractivity contribution in [2.75, 3.05) is 20.3 Å². The van der Waals surface area contributed by atoms with E-state index in [1.807, 2.05) is 0 Å². The number of ketones is 1. The molecule has 3 rings (SSSR count). The Labute approximate surface area is 140 Å². The molecule has 0 spiro atoms. The maximum atomic E-state index is 12.4. The molecule has 1 aliphatic heterocycles. The normalized spacial score (nSPS) is 16.8. The SMILES string of the molecule is COc1ccc(C(=O)c2c[nH]c(C(=O)NC[C@H]3CCCO3)c2)cc1. The van der Waals surface area contributed by atoms with Gasteiger partial charge in [0.05, 0.1) is 13.2 Å². The van der Waals surface area contributed by atoms with E-state index in [0.717, 1.165) is 19.4 Å². The molecule has 1 aromatic carbocycles. The minimum Gasteiger partial charge on any atom is -0.497 e. The van der Waals surface area contributed by atoms with E-state index in [1.54, 1.807) is 43.6 Å². The molecule has 1 atom stereocenters. The first-order valence-corrected chi connectivity index (χ1v) is 7.94. The van der Waals surface area contributed by atoms with Gasteiger partial charge < -0.3 is 19.8 Å². The van der Waals surface area contributed by atoms with Crippen molar-refractivity contribution in [1.82, 2.24) is 10.3 Å². The first-order chi connectivity index (χ1) is 11.7. The molecule has 0 radical (unpaired) electrons. The summed E-state index contributed by atoms with van der Waals surface area (Å²) in [6.07, 6.45) is 3.63. The van der Waals surface area contributed by atoms with Gasteiger partial charge in [0.15, 0.2) is 5.78 Å². The number of aromatic amines is 1. The number of nitrogens with one attached hydrogen (secondary N) is 2. The molecule has 6 nitrogen and oxygen atoms in total. The van der Waals surface area contributed by atoms with Crippen molar-refractivity contribution >= 4 is 11.7 Å². The molecule has 0 unspecified atom stereocenters. The fourth-order valence-corrected chi connectivity index (χ4v) is 2.67. The number of methoxy groups -OCH3 is 1. The zero-order valence-corrected chi connectivity index (χ0v) is 13.5. The minimum atomic E-state index is -0.237. The number of rotatable bonds is 6. The van der Waals surface area contributed by atoms with Gasteiger partial charge in [0.25, 0.3) is 5.91 Å². The Morgan fingerprint density at radius 2 is 2.08 bits per heavy atom. The number of carbonyl (C=O) groups is 2. The van der Waals surface area contributed by atoms with E-state index in [-0.39, 0.29) is 17.8 Å². The molecule has 1 aromatic heterocycles. The summed E-state index contributed by atoms with van der Waals surface area (Å²) in [4.78, 5) is 27.4. The zero-order valence-electron chi connectivity index (χ0n) is 13.5. The van der Waals surface area contributed by atoms with E-state index in [2.05, 4.69) is 10.3 Å². The Morgan fingerprint density at radius 3 is 2.75 bits per heavy atom. The van der Waals surface area contributed by atoms with E-state index in [4.69, 9.17) is 9.47 Å². The van der Waals surface area contributed by atoms with E-state index < -0.39 is 0 Å². The monoisotopic (exact) mass is 328 g/mol. The van der Waals surface area contributed by atoms with Gasteiger partial charge in [0, 0.05) is 30.5 Å². The minimum absolute atomic E-state index is 0.0873. The topological polar surface area (TPSA) is 80.4 Å². The van der Waals surface area contributed by atoms with Gasteiger partial charge in [-0.05, 0) is 43.2 Å². The number of aromatic nitrogens is 1. The van der Waals surface area contributed by atoms with Crippen molar-refractivity contribution < 1.29 is 19.1 Å². The van der Waals surface area contributed by atoms with Crippen molar-refractivity contribution in [2.24, 2.45) is 0 Å². The number of benzene rings is 1. The summed E-state index contributed by atoms with van der Waals surface area (Å²) in [5, 5.41) is 2.82. The molecular weight excluding hydrogens is 308 g/mol. The molecule has 2 heterocycles. The van der Waals surface area contributed by atoms with Gasteiger partial charge in [-0.3, -0.25) is 9.59 Å². The molecule has 0 bridgehead atoms. The highest BCUT2D eigenvalue weighted by Crippen LogP contribution is 2.16. The Hall–Kier alpha value is -2.60. The molecule has 24 heavy (non-hydrogen) atoms. The van der Waals surface area contributed by atoms with E-state index in [9.17, 15) is 9.59 Å². The number of ether oxygens (including phenoxy) is 2. The van der Waals surface area contributed by atoms with Crippen LogP contribution in [0.4, 0.5) is 0 Å². The van der Waals surface area contributed by atoms with Gasteiger partial charge in [-0.2, -0.15) is 0 Å². The first-order valence-electron chi connectivity index (χ1n) is 7.94. The number of carbonyl (C=O) groups excluding carboxylic acids is 2. The summed E-state index contributed by atoms with van der Waals surface area (Å²) < 4.78 is 10.5. The predicted octanol–water partition coefficient (Wildman–Crippen LogP) is 2.16. The van der Waals surface area contributed by atoms with Crippen molar-refractivity contribution in [3.63, 3.8) is 0 Å². The zero-order chi connectivity index (χ0) is 16.9. The summed E-state index contributed by atoms with van der Waals surface area (Å²) >= 11 is 0. The largest absolute Gasteiger partial charge is 0.497 e. The average Bonchev–Trinajstić information content (AvgIpc) is 3.31. The lowest BCUT2D eigenvalue weighted by Crippen LogP contribution is -2.31. The van der Waals surface area contributed by atoms with Crippen LogP contribution in [-0.2, 0) is 4.74 Å². The summed E-state index contributed by atoms with van der Waals surface area (Å²) in [7, 11) is 1.57. The van der Waals surface area contributed by atoms with Crippen LogP contribution in [0.15, 0.2) is 36.5 Å². The summed E-state index contributed by atoms with van der Waals surface area (Å²) in [5.41, 5.74) is 1.36. The third-order valence-corrected chi connectivity index (χ3v) is 4.06. The smallest absolute Gasteiger partial charge is 0.267 e. The summed E-state index contributed by atoms with van der Waals surface area (Å²) in [6.45, 7) is 1.24. The van der Waals surface area contributed by atoms with Crippen molar-refractivity contribution in [3.8, 4) is 5.75 Å². The summed E-state index contributed by atoms with van der Waals surface area (Å²) in [6, 6.07) is 8.43. The predicted molar refractivity (Wildman–Crippen MR) is 88.5 cm³/mol. The van der Waals surface area contributed by atoms with Crippen LogP contribution < -0.4 is 10.1 Å². The second-order valence-electron chi connectivity index (χ2n) is 5.70. The van der Waals surface area contributed by atoms with Crippen LogP contribution >= 0.6 is 0 Å². The number of H-pyrrole nitrogens is 1. The molecule has 2 N–H and O–H groups in total. The lowest BCUT2D eigenvalue weighted by atomic mass is 10.1. The van der Waals surface area contributed by atoms with Crippen LogP contribution in [0.2, 0.25) is 0 Å². The third-order valence-electron chi connectivity index (χ3n) is 4.06. The Morgan fingerprint density at radius 1 is 1.29 bits per heavy atom. The second kappa shape index (κ2) is 7.31. The Kier molecular flexibility index (Phi) is 4.96. The van der Waals surface area contributed by atoms with Crippen molar-refractivity contribution in [1.29, 1.82) is 0 Å². The lowest BCUT2D eigenvalue weighted by Gasteiger charge is -2.09. The maximum absolute atomic E-state index is 12.4. The van der Waals surface area contributed by atoms with E-state index >= 15 is 0 Å². The van der Waals surface area contributed by atoms with Crippen LogP contribution in [0.25, 0.3) is 0 Å². The first kappa shape index (κ1) is 16.3. The number of hydrogen-bond donors (Lipinski definition) is 2. The molecule has 1 aliphatic rings. The van der Waals surface area contributed by atoms with Gasteiger partial charge >= 0.3 is 0 Å². The van der Waals surface area contributed by atoms with Crippen LogP contribution in [-0.4, -0.2) is 43.0 Å². The Bertz CT molecular complexity index is 715. The van der Waals surface area contributed by atoms with E-state index in [0.29, 0.717) is 29.1 Å². The highest BCUT2D eigenvalue weighted by molar-refractivity contribution is 6.10. The van der Waals surface area contributed by atoms with Crippen LogP contribution in [0, 0.1) is 0 Å². The number of hydrogen-bond acceptors (Lipinski definition) is 4. The molecule has 1 saturated heterocycles. The highest BCUT2D eigenvalue weighted by atomic mass is 16.5. The second-order valence-corrected chi connectivity index (χ2v) is 5.70. The standard InChI is InChI=1S/C18H20N2O4/c1-23-14-6-4-12(5-7-14)17(21)13-9-16(19-10-13)18(22)20-11-15-3-2-8-24-15/h4-7,9-10,15,19H,2-3,8,11H2,1H3,(H,20,22)/t15-/m1/s1.